The Morgan fingerprint density at radius 1 is 1.21 bits per heavy atom. The zero-order valence-electron chi connectivity index (χ0n) is 18.1. The number of allylic oxidation sites excluding steroid dienone is 4. The smallest absolute Gasteiger partial charge is 0.222 e. The first kappa shape index (κ1) is 24.3. The maximum absolute atomic E-state index is 13.9. The molecule has 0 radical (unpaired) electrons. The number of ether oxygens (including phenoxy) is 1. The van der Waals surface area contributed by atoms with Gasteiger partial charge in [-0.15, -0.1) is 0 Å². The van der Waals surface area contributed by atoms with E-state index in [4.69, 9.17) is 10.5 Å². The standard InChI is InChI=1S/C21H25F2N3O.C2H6/c1-5-13(3)9-15(10-14(4)6-2)21-25-8-7-20(26-21)27-19-12-18(24)16(22)11-17(19)23;1-2/h7-13H,5-6,24H2,1-4H3;1-2H3/b14-10?,15-9+;. The molecule has 1 aromatic heterocycles. The first-order valence-electron chi connectivity index (χ1n) is 9.98. The normalized spacial score (nSPS) is 12.8. The van der Waals surface area contributed by atoms with Gasteiger partial charge in [0.25, 0.3) is 0 Å². The molecule has 0 aliphatic carbocycles. The van der Waals surface area contributed by atoms with E-state index in [9.17, 15) is 8.78 Å². The predicted molar refractivity (Wildman–Crippen MR) is 116 cm³/mol. The van der Waals surface area contributed by atoms with Crippen LogP contribution in [0.4, 0.5) is 14.5 Å². The highest BCUT2D eigenvalue weighted by Gasteiger charge is 2.12. The third-order valence-corrected chi connectivity index (χ3v) is 4.22. The van der Waals surface area contributed by atoms with E-state index in [1.165, 1.54) is 11.6 Å². The van der Waals surface area contributed by atoms with Crippen LogP contribution in [0, 0.1) is 17.6 Å². The van der Waals surface area contributed by atoms with Gasteiger partial charge in [0.15, 0.2) is 17.4 Å². The SMILES string of the molecule is CC.CCC(C)=C/C(=C\C(C)CC)c1nccc(Oc2cc(N)c(F)cc2F)n1. The topological polar surface area (TPSA) is 61.0 Å². The van der Waals surface area contributed by atoms with E-state index in [-0.39, 0.29) is 17.3 Å². The number of hydrogen-bond donors (Lipinski definition) is 1. The average Bonchev–Trinajstić information content (AvgIpc) is 2.73. The molecule has 0 bridgehead atoms. The minimum absolute atomic E-state index is 0.155. The van der Waals surface area contributed by atoms with Crippen molar-refractivity contribution in [1.82, 2.24) is 9.97 Å². The van der Waals surface area contributed by atoms with Gasteiger partial charge >= 0.3 is 0 Å². The fourth-order valence-corrected chi connectivity index (χ4v) is 2.25. The second-order valence-electron chi connectivity index (χ2n) is 6.48. The van der Waals surface area contributed by atoms with Crippen molar-refractivity contribution in [2.24, 2.45) is 5.92 Å². The summed E-state index contributed by atoms with van der Waals surface area (Å²) in [6, 6.07) is 3.30. The molecule has 2 aromatic rings. The molecule has 0 saturated carbocycles. The number of anilines is 1. The molecule has 2 N–H and O–H groups in total. The van der Waals surface area contributed by atoms with Gasteiger partial charge in [-0.05, 0) is 19.3 Å². The summed E-state index contributed by atoms with van der Waals surface area (Å²) in [7, 11) is 0. The van der Waals surface area contributed by atoms with Crippen molar-refractivity contribution in [3.05, 3.63) is 59.6 Å². The van der Waals surface area contributed by atoms with Crippen LogP contribution in [-0.4, -0.2) is 9.97 Å². The molecule has 1 heterocycles. The Morgan fingerprint density at radius 2 is 1.90 bits per heavy atom. The summed E-state index contributed by atoms with van der Waals surface area (Å²) in [5.41, 5.74) is 7.37. The minimum atomic E-state index is -0.848. The van der Waals surface area contributed by atoms with E-state index in [2.05, 4.69) is 36.8 Å². The first-order valence-corrected chi connectivity index (χ1v) is 9.98. The van der Waals surface area contributed by atoms with Gasteiger partial charge in [-0.1, -0.05) is 58.8 Å². The summed E-state index contributed by atoms with van der Waals surface area (Å²) >= 11 is 0. The lowest BCUT2D eigenvalue weighted by Crippen LogP contribution is -2.00. The molecule has 0 amide bonds. The van der Waals surface area contributed by atoms with Crippen molar-refractivity contribution in [3.8, 4) is 11.6 Å². The number of hydrogen-bond acceptors (Lipinski definition) is 4. The van der Waals surface area contributed by atoms with E-state index in [1.54, 1.807) is 6.20 Å². The van der Waals surface area contributed by atoms with Crippen molar-refractivity contribution in [2.75, 3.05) is 5.73 Å². The van der Waals surface area contributed by atoms with Crippen LogP contribution in [0.15, 0.2) is 42.1 Å². The quantitative estimate of drug-likeness (QED) is 0.402. The largest absolute Gasteiger partial charge is 0.436 e. The van der Waals surface area contributed by atoms with Gasteiger partial charge in [-0.2, -0.15) is 4.98 Å². The van der Waals surface area contributed by atoms with Gasteiger partial charge in [0.05, 0.1) is 5.69 Å². The Labute approximate surface area is 172 Å². The van der Waals surface area contributed by atoms with Crippen LogP contribution in [0.2, 0.25) is 0 Å². The number of benzene rings is 1. The van der Waals surface area contributed by atoms with Crippen LogP contribution in [0.25, 0.3) is 5.57 Å². The number of rotatable bonds is 7. The van der Waals surface area contributed by atoms with E-state index in [1.807, 2.05) is 26.8 Å². The van der Waals surface area contributed by atoms with Crippen molar-refractivity contribution in [3.63, 3.8) is 0 Å². The second kappa shape index (κ2) is 11.9. The Hall–Kier alpha value is -2.76. The average molecular weight is 404 g/mol. The molecule has 0 saturated heterocycles. The van der Waals surface area contributed by atoms with Crippen molar-refractivity contribution < 1.29 is 13.5 Å². The molecule has 0 spiro atoms. The highest BCUT2D eigenvalue weighted by atomic mass is 19.1. The third kappa shape index (κ3) is 7.29. The summed E-state index contributed by atoms with van der Waals surface area (Å²) in [4.78, 5) is 8.72. The van der Waals surface area contributed by atoms with E-state index < -0.39 is 11.6 Å². The zero-order chi connectivity index (χ0) is 22.0. The molecule has 4 nitrogen and oxygen atoms in total. The number of halogens is 2. The number of nitrogens with two attached hydrogens (primary N) is 1. The lowest BCUT2D eigenvalue weighted by Gasteiger charge is -2.10. The van der Waals surface area contributed by atoms with Gasteiger partial charge in [-0.3, -0.25) is 0 Å². The van der Waals surface area contributed by atoms with Gasteiger partial charge < -0.3 is 10.5 Å². The maximum Gasteiger partial charge on any atom is 0.222 e. The summed E-state index contributed by atoms with van der Waals surface area (Å²) < 4.78 is 32.7. The fraction of sp³-hybridized carbons (Fsp3) is 0.391. The molecule has 158 valence electrons. The van der Waals surface area contributed by atoms with Crippen molar-refractivity contribution in [2.45, 2.75) is 54.4 Å². The molecule has 6 heteroatoms. The number of aromatic nitrogens is 2. The van der Waals surface area contributed by atoms with Crippen LogP contribution < -0.4 is 10.5 Å². The number of nitrogen functional groups attached to an aromatic ring is 1. The Kier molecular flexibility index (Phi) is 10.00. The number of nitrogens with zero attached hydrogens (tertiary/aromatic N) is 2. The minimum Gasteiger partial charge on any atom is -0.436 e. The van der Waals surface area contributed by atoms with Crippen LogP contribution in [-0.2, 0) is 0 Å². The molecule has 1 aromatic carbocycles. The zero-order valence-corrected chi connectivity index (χ0v) is 18.1. The molecule has 0 aliphatic heterocycles. The lowest BCUT2D eigenvalue weighted by molar-refractivity contribution is 0.423. The molecule has 29 heavy (non-hydrogen) atoms. The molecule has 0 aliphatic rings. The molecule has 1 unspecified atom stereocenters. The second-order valence-corrected chi connectivity index (χ2v) is 6.48. The highest BCUT2D eigenvalue weighted by Crippen LogP contribution is 2.28. The van der Waals surface area contributed by atoms with E-state index >= 15 is 0 Å². The van der Waals surface area contributed by atoms with Crippen LogP contribution in [0.3, 0.4) is 0 Å². The van der Waals surface area contributed by atoms with E-state index in [0.717, 1.165) is 24.5 Å². The van der Waals surface area contributed by atoms with Gasteiger partial charge in [0.2, 0.25) is 5.88 Å². The highest BCUT2D eigenvalue weighted by molar-refractivity contribution is 5.70. The summed E-state index contributed by atoms with van der Waals surface area (Å²) in [5.74, 6) is -0.880. The van der Waals surface area contributed by atoms with Gasteiger partial charge in [-0.25, -0.2) is 13.8 Å². The Morgan fingerprint density at radius 3 is 2.52 bits per heavy atom. The predicted octanol–water partition coefficient (Wildman–Crippen LogP) is 6.94. The molecule has 0 fully saturated rings. The first-order chi connectivity index (χ1) is 13.8. The van der Waals surface area contributed by atoms with E-state index in [0.29, 0.717) is 17.8 Å². The third-order valence-electron chi connectivity index (χ3n) is 4.22. The van der Waals surface area contributed by atoms with Crippen LogP contribution in [0.1, 0.15) is 60.2 Å². The summed E-state index contributed by atoms with van der Waals surface area (Å²) in [5, 5.41) is 0. The fourth-order valence-electron chi connectivity index (χ4n) is 2.25. The van der Waals surface area contributed by atoms with Gasteiger partial charge in [0.1, 0.15) is 5.82 Å². The van der Waals surface area contributed by atoms with Crippen LogP contribution >= 0.6 is 0 Å². The van der Waals surface area contributed by atoms with Crippen LogP contribution in [0.5, 0.6) is 11.6 Å². The molecule has 1 atom stereocenters. The maximum atomic E-state index is 13.9. The Balaban J connectivity index is 0.00000204. The molecule has 2 rings (SSSR count). The van der Waals surface area contributed by atoms with Crippen molar-refractivity contribution >= 4 is 11.3 Å². The molecular weight excluding hydrogens is 372 g/mol. The van der Waals surface area contributed by atoms with Gasteiger partial charge in [0, 0.05) is 30.0 Å². The lowest BCUT2D eigenvalue weighted by atomic mass is 10.0. The summed E-state index contributed by atoms with van der Waals surface area (Å²) in [6.07, 6.45) is 7.59. The molecular formula is C23H31F2N3O. The Bertz CT molecular complexity index is 863. The summed E-state index contributed by atoms with van der Waals surface area (Å²) in [6.45, 7) is 12.3. The van der Waals surface area contributed by atoms with Crippen molar-refractivity contribution in [1.29, 1.82) is 0 Å². The monoisotopic (exact) mass is 403 g/mol.